The Morgan fingerprint density at radius 3 is 2.55 bits per heavy atom. The van der Waals surface area contributed by atoms with Crippen LogP contribution in [-0.2, 0) is 14.3 Å². The van der Waals surface area contributed by atoms with E-state index in [4.69, 9.17) is 18.9 Å². The van der Waals surface area contributed by atoms with E-state index in [1.54, 1.807) is 31.3 Å². The van der Waals surface area contributed by atoms with Gasteiger partial charge in [0, 0.05) is 11.3 Å². The highest BCUT2D eigenvalue weighted by atomic mass is 16.5. The van der Waals surface area contributed by atoms with Gasteiger partial charge in [0.05, 0.1) is 38.7 Å². The molecule has 1 atom stereocenters. The number of nitrogens with one attached hydrogen (secondary N) is 3. The van der Waals surface area contributed by atoms with E-state index in [1.807, 2.05) is 43.3 Å². The average Bonchev–Trinajstić information content (AvgIpc) is 2.96. The number of ether oxygens (including phenoxy) is 4. The van der Waals surface area contributed by atoms with Gasteiger partial charge in [-0.3, -0.25) is 4.79 Å². The third-order valence-electron chi connectivity index (χ3n) is 6.17. The molecule has 1 aliphatic rings. The molecule has 0 unspecified atom stereocenters. The standard InChI is InChI=1S/C29H30N4O7/c1-5-39-22-12-10-18-8-6-7-9-20(18)21(22)15-30-33-25(34)16-40-23-13-11-19(14-24(23)37-3)27-26(28(35)38-4)17(2)31-29(36)32-27/h6-15,27H,5,16H2,1-4H3,(H,33,34)(H2,31,32,36)/b30-15-/t27-/m0/s1. The van der Waals surface area contributed by atoms with Gasteiger partial charge in [-0.25, -0.2) is 15.0 Å². The van der Waals surface area contributed by atoms with Crippen molar-refractivity contribution in [3.05, 3.63) is 77.0 Å². The summed E-state index contributed by atoms with van der Waals surface area (Å²) < 4.78 is 21.7. The molecule has 1 aliphatic heterocycles. The lowest BCUT2D eigenvalue weighted by atomic mass is 9.95. The van der Waals surface area contributed by atoms with Gasteiger partial charge in [0.2, 0.25) is 0 Å². The maximum absolute atomic E-state index is 12.5. The lowest BCUT2D eigenvalue weighted by molar-refractivity contribution is -0.136. The lowest BCUT2D eigenvalue weighted by Crippen LogP contribution is -2.45. The van der Waals surface area contributed by atoms with Crippen molar-refractivity contribution in [2.75, 3.05) is 27.4 Å². The highest BCUT2D eigenvalue weighted by Crippen LogP contribution is 2.34. The van der Waals surface area contributed by atoms with E-state index >= 15 is 0 Å². The summed E-state index contributed by atoms with van der Waals surface area (Å²) in [5.41, 5.74) is 4.42. The predicted molar refractivity (Wildman–Crippen MR) is 148 cm³/mol. The van der Waals surface area contributed by atoms with Crippen LogP contribution in [0.5, 0.6) is 17.2 Å². The third-order valence-corrected chi connectivity index (χ3v) is 6.17. The molecule has 3 N–H and O–H groups in total. The molecule has 1 heterocycles. The van der Waals surface area contributed by atoms with E-state index in [0.29, 0.717) is 35.1 Å². The fraction of sp³-hybridized carbons (Fsp3) is 0.241. The zero-order valence-corrected chi connectivity index (χ0v) is 22.6. The van der Waals surface area contributed by atoms with Crippen LogP contribution in [0.4, 0.5) is 4.79 Å². The number of amides is 3. The van der Waals surface area contributed by atoms with Gasteiger partial charge in [-0.05, 0) is 48.4 Å². The van der Waals surface area contributed by atoms with Gasteiger partial charge in [-0.15, -0.1) is 0 Å². The number of carbonyl (C=O) groups is 3. The molecule has 0 saturated heterocycles. The molecule has 11 heteroatoms. The average molecular weight is 547 g/mol. The van der Waals surface area contributed by atoms with Crippen LogP contribution in [-0.4, -0.2) is 51.6 Å². The second kappa shape index (κ2) is 12.7. The second-order valence-electron chi connectivity index (χ2n) is 8.69. The summed E-state index contributed by atoms with van der Waals surface area (Å²) in [7, 11) is 2.71. The monoisotopic (exact) mass is 546 g/mol. The molecule has 0 saturated carbocycles. The summed E-state index contributed by atoms with van der Waals surface area (Å²) in [6, 6.07) is 15.3. The normalized spacial score (nSPS) is 14.9. The van der Waals surface area contributed by atoms with Crippen molar-refractivity contribution in [2.45, 2.75) is 19.9 Å². The highest BCUT2D eigenvalue weighted by Gasteiger charge is 2.32. The molecule has 0 aromatic heterocycles. The van der Waals surface area contributed by atoms with Crippen molar-refractivity contribution < 1.29 is 33.3 Å². The number of hydrogen-bond donors (Lipinski definition) is 3. The van der Waals surface area contributed by atoms with Crippen LogP contribution in [0, 0.1) is 0 Å². The largest absolute Gasteiger partial charge is 0.493 e. The van der Waals surface area contributed by atoms with Crippen LogP contribution in [0.3, 0.4) is 0 Å². The molecular formula is C29H30N4O7. The van der Waals surface area contributed by atoms with Crippen molar-refractivity contribution in [1.29, 1.82) is 0 Å². The molecule has 3 amide bonds. The number of esters is 1. The summed E-state index contributed by atoms with van der Waals surface area (Å²) >= 11 is 0. The number of nitrogens with zero attached hydrogens (tertiary/aromatic N) is 1. The minimum Gasteiger partial charge on any atom is -0.493 e. The fourth-order valence-electron chi connectivity index (χ4n) is 4.34. The molecule has 0 aliphatic carbocycles. The fourth-order valence-corrected chi connectivity index (χ4v) is 4.34. The predicted octanol–water partition coefficient (Wildman–Crippen LogP) is 3.58. The van der Waals surface area contributed by atoms with Gasteiger partial charge in [-0.1, -0.05) is 36.4 Å². The van der Waals surface area contributed by atoms with Crippen LogP contribution in [0.25, 0.3) is 10.8 Å². The quantitative estimate of drug-likeness (QED) is 0.201. The Morgan fingerprint density at radius 2 is 1.80 bits per heavy atom. The maximum atomic E-state index is 12.5. The Morgan fingerprint density at radius 1 is 1.02 bits per heavy atom. The van der Waals surface area contributed by atoms with Crippen molar-refractivity contribution >= 4 is 34.9 Å². The Hall–Kier alpha value is -5.06. The first-order valence-corrected chi connectivity index (χ1v) is 12.5. The van der Waals surface area contributed by atoms with Crippen LogP contribution in [0.2, 0.25) is 0 Å². The van der Waals surface area contributed by atoms with Crippen LogP contribution >= 0.6 is 0 Å². The van der Waals surface area contributed by atoms with E-state index in [-0.39, 0.29) is 12.2 Å². The van der Waals surface area contributed by atoms with Crippen LogP contribution in [0.1, 0.15) is 31.0 Å². The van der Waals surface area contributed by atoms with Crippen LogP contribution < -0.4 is 30.3 Å². The van der Waals surface area contributed by atoms with Crippen molar-refractivity contribution in [2.24, 2.45) is 5.10 Å². The summed E-state index contributed by atoms with van der Waals surface area (Å²) in [6.45, 7) is 3.67. The number of fused-ring (bicyclic) bond motifs is 1. The minimum atomic E-state index is -0.766. The maximum Gasteiger partial charge on any atom is 0.337 e. The van der Waals surface area contributed by atoms with E-state index in [1.165, 1.54) is 14.2 Å². The molecule has 0 fully saturated rings. The Bertz CT molecular complexity index is 1500. The van der Waals surface area contributed by atoms with E-state index in [2.05, 4.69) is 21.2 Å². The summed E-state index contributed by atoms with van der Waals surface area (Å²) in [5.74, 6) is 0.186. The SMILES string of the molecule is CCOc1ccc2ccccc2c1/C=N\NC(=O)COc1ccc([C@@H]2NC(=O)NC(C)=C2C(=O)OC)cc1OC. The van der Waals surface area contributed by atoms with Gasteiger partial charge in [0.25, 0.3) is 5.91 Å². The molecule has 40 heavy (non-hydrogen) atoms. The molecular weight excluding hydrogens is 516 g/mol. The minimum absolute atomic E-state index is 0.258. The first-order valence-electron chi connectivity index (χ1n) is 12.5. The van der Waals surface area contributed by atoms with Gasteiger partial charge < -0.3 is 29.6 Å². The van der Waals surface area contributed by atoms with Gasteiger partial charge in [-0.2, -0.15) is 5.10 Å². The van der Waals surface area contributed by atoms with Crippen LogP contribution in [0.15, 0.2) is 71.0 Å². The topological polar surface area (TPSA) is 137 Å². The number of allylic oxidation sites excluding steroid dienone is 1. The molecule has 4 rings (SSSR count). The summed E-state index contributed by atoms with van der Waals surface area (Å²) in [5, 5.41) is 11.3. The number of hydrogen-bond acceptors (Lipinski definition) is 8. The summed E-state index contributed by atoms with van der Waals surface area (Å²) in [4.78, 5) is 36.9. The Labute approximate surface area is 231 Å². The number of benzene rings is 3. The molecule has 0 radical (unpaired) electrons. The molecule has 0 bridgehead atoms. The lowest BCUT2D eigenvalue weighted by Gasteiger charge is -2.28. The number of methoxy groups -OCH3 is 2. The molecule has 3 aromatic rings. The van der Waals surface area contributed by atoms with Gasteiger partial charge in [0.1, 0.15) is 5.75 Å². The third kappa shape index (κ3) is 6.15. The number of urea groups is 1. The molecule has 0 spiro atoms. The molecule has 11 nitrogen and oxygen atoms in total. The van der Waals surface area contributed by atoms with E-state index in [0.717, 1.165) is 16.3 Å². The van der Waals surface area contributed by atoms with Crippen molar-refractivity contribution in [1.82, 2.24) is 16.1 Å². The zero-order chi connectivity index (χ0) is 28.6. The molecule has 208 valence electrons. The van der Waals surface area contributed by atoms with E-state index < -0.39 is 23.9 Å². The Balaban J connectivity index is 1.45. The van der Waals surface area contributed by atoms with Gasteiger partial charge >= 0.3 is 12.0 Å². The first-order chi connectivity index (χ1) is 19.4. The summed E-state index contributed by atoms with van der Waals surface area (Å²) in [6.07, 6.45) is 1.54. The number of hydrazone groups is 1. The van der Waals surface area contributed by atoms with Crippen molar-refractivity contribution in [3.63, 3.8) is 0 Å². The smallest absolute Gasteiger partial charge is 0.337 e. The van der Waals surface area contributed by atoms with Crippen molar-refractivity contribution in [3.8, 4) is 17.2 Å². The number of rotatable bonds is 10. The number of carbonyl (C=O) groups excluding carboxylic acids is 3. The second-order valence-corrected chi connectivity index (χ2v) is 8.69. The van der Waals surface area contributed by atoms with E-state index in [9.17, 15) is 14.4 Å². The highest BCUT2D eigenvalue weighted by molar-refractivity contribution is 6.02. The molecule has 3 aromatic carbocycles. The zero-order valence-electron chi connectivity index (χ0n) is 22.6. The van der Waals surface area contributed by atoms with Gasteiger partial charge in [0.15, 0.2) is 18.1 Å². The Kier molecular flexibility index (Phi) is 8.85. The first kappa shape index (κ1) is 28.0.